The fourth-order valence-electron chi connectivity index (χ4n) is 2.09. The van der Waals surface area contributed by atoms with Crippen molar-refractivity contribution in [2.45, 2.75) is 25.8 Å². The number of methoxy groups -OCH3 is 1. The monoisotopic (exact) mass is 447 g/mol. The van der Waals surface area contributed by atoms with Crippen molar-refractivity contribution >= 4 is 29.9 Å². The lowest BCUT2D eigenvalue weighted by molar-refractivity contribution is 0.192. The van der Waals surface area contributed by atoms with E-state index in [0.29, 0.717) is 13.2 Å². The molecule has 2 N–H and O–H groups in total. The Morgan fingerprint density at radius 3 is 2.71 bits per heavy atom. The number of unbranched alkanes of at least 4 members (excludes halogenated alkanes) is 2. The van der Waals surface area contributed by atoms with Gasteiger partial charge in [-0.05, 0) is 25.3 Å². The van der Waals surface area contributed by atoms with E-state index in [9.17, 15) is 0 Å². The lowest BCUT2D eigenvalue weighted by Gasteiger charge is -2.14. The van der Waals surface area contributed by atoms with Crippen LogP contribution in [0, 0.1) is 0 Å². The van der Waals surface area contributed by atoms with Crippen LogP contribution in [-0.2, 0) is 11.3 Å². The van der Waals surface area contributed by atoms with Crippen LogP contribution >= 0.6 is 24.0 Å². The first kappa shape index (κ1) is 22.7. The fourth-order valence-corrected chi connectivity index (χ4v) is 2.09. The zero-order chi connectivity index (χ0) is 16.8. The molecule has 0 amide bonds. The summed E-state index contributed by atoms with van der Waals surface area (Å²) in [6, 6.07) is 7.98. The highest BCUT2D eigenvalue weighted by Crippen LogP contribution is 2.17. The highest BCUT2D eigenvalue weighted by Gasteiger charge is 2.04. The predicted octanol–water partition coefficient (Wildman–Crippen LogP) is 3.35. The van der Waals surface area contributed by atoms with E-state index >= 15 is 0 Å². The normalized spacial score (nSPS) is 10.7. The Hall–Kier alpha value is -1.28. The Balaban J connectivity index is 0.00000529. The number of nitrogens with one attached hydrogen (secondary N) is 2. The Morgan fingerprint density at radius 1 is 1.21 bits per heavy atom. The molecule has 0 saturated heterocycles. The average Bonchev–Trinajstić information content (AvgIpc) is 2.59. The standard InChI is InChI=1S/C18H29N3O2.HI/c1-4-13-23-17-11-7-6-10-16(17)15-21-18(19-2)20-12-8-5-9-14-22-3;/h4,6-7,10-11H,1,5,8-9,12-15H2,2-3H3,(H2,19,20,21);1H. The number of aliphatic imine (C=N–C) groups is 1. The molecule has 0 aromatic heterocycles. The molecule has 0 aliphatic heterocycles. The van der Waals surface area contributed by atoms with Crippen LogP contribution in [0.2, 0.25) is 0 Å². The van der Waals surface area contributed by atoms with Crippen LogP contribution in [0.25, 0.3) is 0 Å². The molecule has 0 fully saturated rings. The molecule has 0 atom stereocenters. The first-order chi connectivity index (χ1) is 11.3. The summed E-state index contributed by atoms with van der Waals surface area (Å²) in [5, 5.41) is 6.63. The molecule has 0 spiro atoms. The van der Waals surface area contributed by atoms with Gasteiger partial charge in [-0.1, -0.05) is 30.9 Å². The molecule has 0 bridgehead atoms. The van der Waals surface area contributed by atoms with E-state index in [-0.39, 0.29) is 24.0 Å². The minimum absolute atomic E-state index is 0. The molecule has 0 aliphatic rings. The van der Waals surface area contributed by atoms with Gasteiger partial charge < -0.3 is 20.1 Å². The smallest absolute Gasteiger partial charge is 0.191 e. The maximum Gasteiger partial charge on any atom is 0.191 e. The van der Waals surface area contributed by atoms with Gasteiger partial charge in [0.05, 0.1) is 0 Å². The number of hydrogen-bond acceptors (Lipinski definition) is 3. The van der Waals surface area contributed by atoms with Gasteiger partial charge in [0, 0.05) is 39.4 Å². The van der Waals surface area contributed by atoms with Crippen LogP contribution in [0.15, 0.2) is 41.9 Å². The third-order valence-electron chi connectivity index (χ3n) is 3.32. The number of para-hydroxylation sites is 1. The van der Waals surface area contributed by atoms with Crippen molar-refractivity contribution in [3.05, 3.63) is 42.5 Å². The van der Waals surface area contributed by atoms with Crippen molar-refractivity contribution < 1.29 is 9.47 Å². The molecule has 0 aliphatic carbocycles. The Labute approximate surface area is 162 Å². The summed E-state index contributed by atoms with van der Waals surface area (Å²) in [7, 11) is 3.51. The lowest BCUT2D eigenvalue weighted by Crippen LogP contribution is -2.37. The summed E-state index contributed by atoms with van der Waals surface area (Å²) in [4.78, 5) is 4.24. The van der Waals surface area contributed by atoms with Crippen molar-refractivity contribution in [3.8, 4) is 5.75 Å². The molecule has 1 aromatic rings. The van der Waals surface area contributed by atoms with E-state index in [0.717, 1.165) is 49.7 Å². The quantitative estimate of drug-likeness (QED) is 0.180. The van der Waals surface area contributed by atoms with Crippen LogP contribution in [-0.4, -0.2) is 39.9 Å². The second-order valence-electron chi connectivity index (χ2n) is 5.11. The van der Waals surface area contributed by atoms with Crippen LogP contribution in [0.4, 0.5) is 0 Å². The van der Waals surface area contributed by atoms with Gasteiger partial charge in [0.2, 0.25) is 0 Å². The first-order valence-electron chi connectivity index (χ1n) is 8.07. The first-order valence-corrected chi connectivity index (χ1v) is 8.07. The van der Waals surface area contributed by atoms with Crippen LogP contribution in [0.1, 0.15) is 24.8 Å². The summed E-state index contributed by atoms with van der Waals surface area (Å²) < 4.78 is 10.7. The molecule has 1 aromatic carbocycles. The van der Waals surface area contributed by atoms with Crippen molar-refractivity contribution in [1.29, 1.82) is 0 Å². The highest BCUT2D eigenvalue weighted by molar-refractivity contribution is 14.0. The van der Waals surface area contributed by atoms with Crippen LogP contribution in [0.3, 0.4) is 0 Å². The molecule has 0 radical (unpaired) electrons. The fraction of sp³-hybridized carbons (Fsp3) is 0.500. The van der Waals surface area contributed by atoms with Crippen LogP contribution < -0.4 is 15.4 Å². The number of ether oxygens (including phenoxy) is 2. The van der Waals surface area contributed by atoms with E-state index in [1.165, 1.54) is 0 Å². The molecule has 136 valence electrons. The molecular formula is C18H30IN3O2. The van der Waals surface area contributed by atoms with E-state index in [1.54, 1.807) is 20.2 Å². The van der Waals surface area contributed by atoms with E-state index in [1.807, 2.05) is 24.3 Å². The highest BCUT2D eigenvalue weighted by atomic mass is 127. The van der Waals surface area contributed by atoms with E-state index in [4.69, 9.17) is 9.47 Å². The maximum absolute atomic E-state index is 5.66. The molecule has 0 heterocycles. The number of benzene rings is 1. The Morgan fingerprint density at radius 2 is 2.00 bits per heavy atom. The Kier molecular flexibility index (Phi) is 14.4. The topological polar surface area (TPSA) is 54.9 Å². The number of guanidine groups is 1. The minimum Gasteiger partial charge on any atom is -0.489 e. The Bertz CT molecular complexity index is 481. The van der Waals surface area contributed by atoms with Gasteiger partial charge in [0.25, 0.3) is 0 Å². The van der Waals surface area contributed by atoms with Gasteiger partial charge in [0.15, 0.2) is 5.96 Å². The molecular weight excluding hydrogens is 417 g/mol. The molecule has 0 unspecified atom stereocenters. The molecule has 0 saturated carbocycles. The van der Waals surface area contributed by atoms with Gasteiger partial charge in [-0.3, -0.25) is 4.99 Å². The molecule has 5 nitrogen and oxygen atoms in total. The van der Waals surface area contributed by atoms with E-state index in [2.05, 4.69) is 22.2 Å². The molecule has 1 rings (SSSR count). The van der Waals surface area contributed by atoms with Gasteiger partial charge in [0.1, 0.15) is 12.4 Å². The largest absolute Gasteiger partial charge is 0.489 e. The van der Waals surface area contributed by atoms with Crippen molar-refractivity contribution in [1.82, 2.24) is 10.6 Å². The summed E-state index contributed by atoms with van der Waals surface area (Å²) >= 11 is 0. The average molecular weight is 447 g/mol. The van der Waals surface area contributed by atoms with Gasteiger partial charge in [-0.15, -0.1) is 24.0 Å². The predicted molar refractivity (Wildman–Crippen MR) is 111 cm³/mol. The third kappa shape index (κ3) is 9.77. The SMILES string of the molecule is C=CCOc1ccccc1CNC(=NC)NCCCCCOC.I. The number of hydrogen-bond donors (Lipinski definition) is 2. The van der Waals surface area contributed by atoms with Crippen molar-refractivity contribution in [2.24, 2.45) is 4.99 Å². The molecule has 6 heteroatoms. The number of nitrogens with zero attached hydrogens (tertiary/aromatic N) is 1. The zero-order valence-corrected chi connectivity index (χ0v) is 17.0. The van der Waals surface area contributed by atoms with Crippen molar-refractivity contribution in [2.75, 3.05) is 33.9 Å². The van der Waals surface area contributed by atoms with Gasteiger partial charge in [-0.2, -0.15) is 0 Å². The summed E-state index contributed by atoms with van der Waals surface area (Å²) in [6.45, 7) is 6.57. The summed E-state index contributed by atoms with van der Waals surface area (Å²) in [6.07, 6.45) is 5.09. The summed E-state index contributed by atoms with van der Waals surface area (Å²) in [5.74, 6) is 1.67. The number of halogens is 1. The van der Waals surface area contributed by atoms with E-state index < -0.39 is 0 Å². The zero-order valence-electron chi connectivity index (χ0n) is 14.7. The minimum atomic E-state index is 0. The number of rotatable bonds is 11. The maximum atomic E-state index is 5.66. The second kappa shape index (κ2) is 15.3. The summed E-state index contributed by atoms with van der Waals surface area (Å²) in [5.41, 5.74) is 1.09. The lowest BCUT2D eigenvalue weighted by atomic mass is 10.2. The van der Waals surface area contributed by atoms with Crippen LogP contribution in [0.5, 0.6) is 5.75 Å². The third-order valence-corrected chi connectivity index (χ3v) is 3.32. The van der Waals surface area contributed by atoms with Crippen molar-refractivity contribution in [3.63, 3.8) is 0 Å². The second-order valence-corrected chi connectivity index (χ2v) is 5.11. The van der Waals surface area contributed by atoms with Gasteiger partial charge in [-0.25, -0.2) is 0 Å². The molecule has 24 heavy (non-hydrogen) atoms. The van der Waals surface area contributed by atoms with Gasteiger partial charge >= 0.3 is 0 Å².